The quantitative estimate of drug-likeness (QED) is 0.864. The van der Waals surface area contributed by atoms with Crippen LogP contribution in [0.15, 0.2) is 11.6 Å². The van der Waals surface area contributed by atoms with Gasteiger partial charge in [0.05, 0.1) is 6.54 Å². The lowest BCUT2D eigenvalue weighted by Gasteiger charge is -2.31. The minimum atomic E-state index is -0.723. The van der Waals surface area contributed by atoms with Gasteiger partial charge >= 0.3 is 5.97 Å². The van der Waals surface area contributed by atoms with Gasteiger partial charge in [0, 0.05) is 29.6 Å². The van der Waals surface area contributed by atoms with Crippen molar-refractivity contribution in [3.63, 3.8) is 0 Å². The lowest BCUT2D eigenvalue weighted by atomic mass is 10.3. The lowest BCUT2D eigenvalue weighted by molar-refractivity contribution is -0.142. The van der Waals surface area contributed by atoms with Gasteiger partial charge in [-0.2, -0.15) is 11.8 Å². The highest BCUT2D eigenvalue weighted by molar-refractivity contribution is 7.99. The molecule has 1 atom stereocenters. The second-order valence-corrected chi connectivity index (χ2v) is 5.45. The molecule has 0 spiro atoms. The molecule has 1 unspecified atom stereocenters. The smallest absolute Gasteiger partial charge is 0.321 e. The van der Waals surface area contributed by atoms with E-state index in [2.05, 4.69) is 4.98 Å². The zero-order valence-corrected chi connectivity index (χ0v) is 9.76. The van der Waals surface area contributed by atoms with Crippen molar-refractivity contribution in [1.82, 2.24) is 9.88 Å². The van der Waals surface area contributed by atoms with E-state index in [0.29, 0.717) is 12.3 Å². The van der Waals surface area contributed by atoms with Gasteiger partial charge in [0.1, 0.15) is 11.0 Å². The fourth-order valence-electron chi connectivity index (χ4n) is 1.56. The highest BCUT2D eigenvalue weighted by atomic mass is 32.2. The summed E-state index contributed by atoms with van der Waals surface area (Å²) in [5.74, 6) is 0.967. The Morgan fingerprint density at radius 1 is 1.73 bits per heavy atom. The average Bonchev–Trinajstić information content (AvgIpc) is 2.71. The van der Waals surface area contributed by atoms with Crippen LogP contribution in [0.4, 0.5) is 0 Å². The minimum absolute atomic E-state index is 0.354. The number of carboxylic acids is 1. The summed E-state index contributed by atoms with van der Waals surface area (Å²) in [6, 6.07) is -0.354. The van der Waals surface area contributed by atoms with Crippen LogP contribution in [0.1, 0.15) is 5.01 Å². The van der Waals surface area contributed by atoms with Crippen LogP contribution in [-0.2, 0) is 11.3 Å². The maximum atomic E-state index is 11.0. The van der Waals surface area contributed by atoms with Crippen LogP contribution in [0.3, 0.4) is 0 Å². The Bertz CT molecular complexity index is 329. The van der Waals surface area contributed by atoms with E-state index in [-0.39, 0.29) is 6.04 Å². The Labute approximate surface area is 96.3 Å². The van der Waals surface area contributed by atoms with Crippen LogP contribution in [0.2, 0.25) is 0 Å². The second kappa shape index (κ2) is 4.96. The number of aromatic nitrogens is 1. The fraction of sp³-hybridized carbons (Fsp3) is 0.556. The first kappa shape index (κ1) is 10.9. The Morgan fingerprint density at radius 3 is 3.27 bits per heavy atom. The molecular formula is C9H12N2O2S2. The zero-order chi connectivity index (χ0) is 10.7. The predicted molar refractivity (Wildman–Crippen MR) is 61.3 cm³/mol. The largest absolute Gasteiger partial charge is 0.480 e. The summed E-state index contributed by atoms with van der Waals surface area (Å²) >= 11 is 3.29. The van der Waals surface area contributed by atoms with Crippen molar-refractivity contribution in [2.75, 3.05) is 18.1 Å². The fourth-order valence-corrected chi connectivity index (χ4v) is 3.31. The molecule has 4 nitrogen and oxygen atoms in total. The SMILES string of the molecule is O=C(O)C1CSCCN1Cc1nccs1. The van der Waals surface area contributed by atoms with Crippen molar-refractivity contribution in [3.8, 4) is 0 Å². The summed E-state index contributed by atoms with van der Waals surface area (Å²) in [5.41, 5.74) is 0. The molecule has 0 aliphatic carbocycles. The molecule has 0 amide bonds. The third-order valence-corrected chi connectivity index (χ3v) is 4.13. The molecule has 1 aliphatic rings. The molecular weight excluding hydrogens is 232 g/mol. The Kier molecular flexibility index (Phi) is 3.61. The van der Waals surface area contributed by atoms with Crippen molar-refractivity contribution >= 4 is 29.1 Å². The van der Waals surface area contributed by atoms with Gasteiger partial charge in [-0.05, 0) is 0 Å². The van der Waals surface area contributed by atoms with Crippen LogP contribution < -0.4 is 0 Å². The van der Waals surface area contributed by atoms with E-state index in [1.165, 1.54) is 0 Å². The van der Waals surface area contributed by atoms with Gasteiger partial charge in [-0.1, -0.05) is 0 Å². The molecule has 1 fully saturated rings. The number of carboxylic acid groups (broad SMARTS) is 1. The minimum Gasteiger partial charge on any atom is -0.480 e. The number of nitrogens with zero attached hydrogens (tertiary/aromatic N) is 2. The van der Waals surface area contributed by atoms with Gasteiger partial charge in [0.2, 0.25) is 0 Å². The molecule has 2 heterocycles. The van der Waals surface area contributed by atoms with Gasteiger partial charge in [0.15, 0.2) is 0 Å². The summed E-state index contributed by atoms with van der Waals surface area (Å²) in [6.45, 7) is 1.50. The van der Waals surface area contributed by atoms with Crippen molar-refractivity contribution in [3.05, 3.63) is 16.6 Å². The van der Waals surface area contributed by atoms with Crippen LogP contribution in [0.25, 0.3) is 0 Å². The van der Waals surface area contributed by atoms with E-state index in [9.17, 15) is 4.79 Å². The molecule has 2 rings (SSSR count). The summed E-state index contributed by atoms with van der Waals surface area (Å²) in [6.07, 6.45) is 1.76. The number of rotatable bonds is 3. The highest BCUT2D eigenvalue weighted by Crippen LogP contribution is 2.19. The van der Waals surface area contributed by atoms with E-state index in [1.807, 2.05) is 10.3 Å². The summed E-state index contributed by atoms with van der Waals surface area (Å²) in [4.78, 5) is 17.2. The van der Waals surface area contributed by atoms with Gasteiger partial charge in [-0.15, -0.1) is 11.3 Å². The molecule has 0 radical (unpaired) electrons. The topological polar surface area (TPSA) is 53.4 Å². The van der Waals surface area contributed by atoms with E-state index in [4.69, 9.17) is 5.11 Å². The number of carbonyl (C=O) groups is 1. The molecule has 1 aliphatic heterocycles. The molecule has 1 aromatic rings. The number of hydrogen-bond acceptors (Lipinski definition) is 5. The summed E-state index contributed by atoms with van der Waals surface area (Å²) < 4.78 is 0. The number of thioether (sulfide) groups is 1. The number of aliphatic carboxylic acids is 1. The first-order valence-corrected chi connectivity index (χ1v) is 6.74. The molecule has 0 aromatic carbocycles. The third-order valence-electron chi connectivity index (χ3n) is 2.35. The Hall–Kier alpha value is -0.590. The van der Waals surface area contributed by atoms with Gasteiger partial charge in [0.25, 0.3) is 0 Å². The highest BCUT2D eigenvalue weighted by Gasteiger charge is 2.28. The van der Waals surface area contributed by atoms with Crippen LogP contribution in [-0.4, -0.2) is 45.1 Å². The van der Waals surface area contributed by atoms with Crippen LogP contribution >= 0.6 is 23.1 Å². The second-order valence-electron chi connectivity index (χ2n) is 3.33. The van der Waals surface area contributed by atoms with Gasteiger partial charge in [-0.3, -0.25) is 9.69 Å². The molecule has 0 bridgehead atoms. The third kappa shape index (κ3) is 2.70. The molecule has 1 aromatic heterocycles. The maximum absolute atomic E-state index is 11.0. The van der Waals surface area contributed by atoms with Crippen LogP contribution in [0, 0.1) is 0 Å². The number of hydrogen-bond donors (Lipinski definition) is 1. The first-order valence-electron chi connectivity index (χ1n) is 4.70. The van der Waals surface area contributed by atoms with E-state index < -0.39 is 5.97 Å². The molecule has 82 valence electrons. The molecule has 1 N–H and O–H groups in total. The van der Waals surface area contributed by atoms with E-state index >= 15 is 0 Å². The first-order chi connectivity index (χ1) is 7.27. The monoisotopic (exact) mass is 244 g/mol. The molecule has 1 saturated heterocycles. The molecule has 0 saturated carbocycles. The lowest BCUT2D eigenvalue weighted by Crippen LogP contribution is -2.46. The van der Waals surface area contributed by atoms with E-state index in [0.717, 1.165) is 17.3 Å². The zero-order valence-electron chi connectivity index (χ0n) is 8.13. The van der Waals surface area contributed by atoms with Crippen molar-refractivity contribution in [1.29, 1.82) is 0 Å². The normalized spacial score (nSPS) is 22.8. The average molecular weight is 244 g/mol. The Balaban J connectivity index is 2.02. The van der Waals surface area contributed by atoms with Crippen LogP contribution in [0.5, 0.6) is 0 Å². The Morgan fingerprint density at radius 2 is 2.60 bits per heavy atom. The molecule has 6 heteroatoms. The van der Waals surface area contributed by atoms with E-state index in [1.54, 1.807) is 29.3 Å². The summed E-state index contributed by atoms with van der Waals surface area (Å²) in [5, 5.41) is 12.0. The van der Waals surface area contributed by atoms with Crippen molar-refractivity contribution in [2.45, 2.75) is 12.6 Å². The molecule has 15 heavy (non-hydrogen) atoms. The predicted octanol–water partition coefficient (Wildman–Crippen LogP) is 1.15. The standard InChI is InChI=1S/C9H12N2O2S2/c12-9(13)7-6-14-4-2-11(7)5-8-10-1-3-15-8/h1,3,7H,2,4-6H2,(H,12,13). The van der Waals surface area contributed by atoms with Crippen molar-refractivity contribution < 1.29 is 9.90 Å². The summed E-state index contributed by atoms with van der Waals surface area (Å²) in [7, 11) is 0. The van der Waals surface area contributed by atoms with Crippen molar-refractivity contribution in [2.24, 2.45) is 0 Å². The van der Waals surface area contributed by atoms with Gasteiger partial charge in [-0.25, -0.2) is 4.98 Å². The maximum Gasteiger partial charge on any atom is 0.321 e. The van der Waals surface area contributed by atoms with Gasteiger partial charge < -0.3 is 5.11 Å². The number of thiazole rings is 1.